The molecule has 5 heteroatoms. The number of carboxylic acids is 1. The molecule has 1 unspecified atom stereocenters. The zero-order valence-corrected chi connectivity index (χ0v) is 15.0. The molecule has 0 spiro atoms. The van der Waals surface area contributed by atoms with E-state index in [1.165, 1.54) is 11.3 Å². The number of carbonyl (C=O) groups excluding carboxylic acids is 1. The lowest BCUT2D eigenvalue weighted by Gasteiger charge is -2.31. The summed E-state index contributed by atoms with van der Waals surface area (Å²) < 4.78 is 0. The molecule has 1 amide bonds. The highest BCUT2D eigenvalue weighted by molar-refractivity contribution is 7.10. The van der Waals surface area contributed by atoms with Gasteiger partial charge in [-0.15, -0.1) is 11.3 Å². The predicted molar refractivity (Wildman–Crippen MR) is 96.4 cm³/mol. The lowest BCUT2D eigenvalue weighted by Crippen LogP contribution is -2.50. The van der Waals surface area contributed by atoms with E-state index in [1.807, 2.05) is 56.5 Å². The highest BCUT2D eigenvalue weighted by atomic mass is 32.1. The molecule has 0 bridgehead atoms. The van der Waals surface area contributed by atoms with Gasteiger partial charge in [-0.05, 0) is 37.3 Å². The Hall–Kier alpha value is -2.14. The van der Waals surface area contributed by atoms with E-state index in [2.05, 4.69) is 5.32 Å². The van der Waals surface area contributed by atoms with Crippen molar-refractivity contribution in [2.45, 2.75) is 38.0 Å². The van der Waals surface area contributed by atoms with Gasteiger partial charge in [-0.3, -0.25) is 9.59 Å². The molecule has 0 saturated heterocycles. The third-order valence-corrected chi connectivity index (χ3v) is 5.79. The quantitative estimate of drug-likeness (QED) is 0.806. The average molecular weight is 345 g/mol. The summed E-state index contributed by atoms with van der Waals surface area (Å²) >= 11 is 1.52. The van der Waals surface area contributed by atoms with Gasteiger partial charge in [0, 0.05) is 11.4 Å². The van der Waals surface area contributed by atoms with Gasteiger partial charge in [0.15, 0.2) is 0 Å². The molecule has 1 aromatic carbocycles. The smallest absolute Gasteiger partial charge is 0.315 e. The molecule has 2 N–H and O–H groups in total. The van der Waals surface area contributed by atoms with Gasteiger partial charge >= 0.3 is 5.97 Å². The Morgan fingerprint density at radius 3 is 2.29 bits per heavy atom. The first-order chi connectivity index (χ1) is 11.3. The van der Waals surface area contributed by atoms with Gasteiger partial charge < -0.3 is 10.4 Å². The van der Waals surface area contributed by atoms with Crippen LogP contribution in [0.3, 0.4) is 0 Å². The molecule has 0 fully saturated rings. The van der Waals surface area contributed by atoms with Gasteiger partial charge in [-0.25, -0.2) is 0 Å². The maximum Gasteiger partial charge on any atom is 0.315 e. The van der Waals surface area contributed by atoms with Gasteiger partial charge in [0.2, 0.25) is 5.91 Å². The van der Waals surface area contributed by atoms with E-state index in [9.17, 15) is 14.7 Å². The van der Waals surface area contributed by atoms with Crippen molar-refractivity contribution in [1.82, 2.24) is 5.32 Å². The van der Waals surface area contributed by atoms with Crippen LogP contribution in [0, 0.1) is 0 Å². The predicted octanol–water partition coefficient (Wildman–Crippen LogP) is 3.57. The second-order valence-corrected chi connectivity index (χ2v) is 7.34. The maximum atomic E-state index is 12.7. The molecule has 0 radical (unpaired) electrons. The van der Waals surface area contributed by atoms with Crippen LogP contribution in [-0.2, 0) is 20.4 Å². The number of hydrogen-bond acceptors (Lipinski definition) is 3. The molecule has 1 atom stereocenters. The third-order valence-electron chi connectivity index (χ3n) is 4.59. The van der Waals surface area contributed by atoms with Crippen LogP contribution in [0.5, 0.6) is 0 Å². The van der Waals surface area contributed by atoms with E-state index in [1.54, 1.807) is 12.1 Å². The Balaban J connectivity index is 2.23. The molecule has 4 nitrogen and oxygen atoms in total. The van der Waals surface area contributed by atoms with Crippen molar-refractivity contribution in [2.75, 3.05) is 6.54 Å². The van der Waals surface area contributed by atoms with E-state index in [4.69, 9.17) is 0 Å². The van der Waals surface area contributed by atoms with E-state index in [0.29, 0.717) is 12.0 Å². The second kappa shape index (κ2) is 7.18. The van der Waals surface area contributed by atoms with Crippen LogP contribution in [0.2, 0.25) is 0 Å². The first-order valence-corrected chi connectivity index (χ1v) is 8.84. The van der Waals surface area contributed by atoms with Gasteiger partial charge in [0.05, 0.1) is 5.41 Å². The van der Waals surface area contributed by atoms with Crippen molar-refractivity contribution in [2.24, 2.45) is 0 Å². The number of carbonyl (C=O) groups is 2. The van der Waals surface area contributed by atoms with E-state index >= 15 is 0 Å². The number of hydrogen-bond donors (Lipinski definition) is 2. The molecule has 0 aliphatic carbocycles. The Morgan fingerprint density at radius 1 is 1.12 bits per heavy atom. The van der Waals surface area contributed by atoms with Crippen LogP contribution >= 0.6 is 11.3 Å². The SMILES string of the molecule is CCC(CNC(=O)C(C)(C)c1cccs1)(C(=O)O)c1ccccc1. The highest BCUT2D eigenvalue weighted by Crippen LogP contribution is 2.30. The first-order valence-electron chi connectivity index (χ1n) is 7.96. The minimum absolute atomic E-state index is 0.0660. The van der Waals surface area contributed by atoms with Gasteiger partial charge in [-0.2, -0.15) is 0 Å². The zero-order chi connectivity index (χ0) is 17.8. The fourth-order valence-corrected chi connectivity index (χ4v) is 3.59. The lowest BCUT2D eigenvalue weighted by atomic mass is 9.77. The zero-order valence-electron chi connectivity index (χ0n) is 14.2. The third kappa shape index (κ3) is 3.36. The summed E-state index contributed by atoms with van der Waals surface area (Å²) in [7, 11) is 0. The van der Waals surface area contributed by atoms with Crippen LogP contribution in [0.15, 0.2) is 47.8 Å². The molecule has 0 saturated carbocycles. The van der Waals surface area contributed by atoms with Crippen LogP contribution in [0.25, 0.3) is 0 Å². The number of rotatable bonds is 7. The first kappa shape index (κ1) is 18.2. The topological polar surface area (TPSA) is 66.4 Å². The Morgan fingerprint density at radius 2 is 1.79 bits per heavy atom. The number of benzene rings is 1. The fraction of sp³-hybridized carbons (Fsp3) is 0.368. The number of thiophene rings is 1. The molecule has 128 valence electrons. The van der Waals surface area contributed by atoms with E-state index < -0.39 is 16.8 Å². The summed E-state index contributed by atoms with van der Waals surface area (Å²) in [5, 5.41) is 14.6. The molecular weight excluding hydrogens is 322 g/mol. The number of nitrogens with one attached hydrogen (secondary N) is 1. The summed E-state index contributed by atoms with van der Waals surface area (Å²) in [5.41, 5.74) is -1.11. The minimum Gasteiger partial charge on any atom is -0.481 e. The van der Waals surface area contributed by atoms with Crippen LogP contribution < -0.4 is 5.32 Å². The lowest BCUT2D eigenvalue weighted by molar-refractivity contribution is -0.144. The van der Waals surface area contributed by atoms with Crippen LogP contribution in [0.1, 0.15) is 37.6 Å². The Labute approximate surface area is 146 Å². The maximum absolute atomic E-state index is 12.7. The molecule has 2 aromatic rings. The number of aliphatic carboxylic acids is 1. The standard InChI is InChI=1S/C19H23NO3S/c1-4-19(17(22)23,14-9-6-5-7-10-14)13-20-16(21)18(2,3)15-11-8-12-24-15/h5-12H,4,13H2,1-3H3,(H,20,21)(H,22,23). The molecule has 24 heavy (non-hydrogen) atoms. The van der Waals surface area contributed by atoms with Crippen molar-refractivity contribution in [1.29, 1.82) is 0 Å². The summed E-state index contributed by atoms with van der Waals surface area (Å²) in [5.74, 6) is -1.09. The number of amides is 1. The molecule has 1 aromatic heterocycles. The van der Waals surface area contributed by atoms with Crippen LogP contribution in [-0.4, -0.2) is 23.5 Å². The molecule has 1 heterocycles. The monoisotopic (exact) mass is 345 g/mol. The molecule has 0 aliphatic heterocycles. The van der Waals surface area contributed by atoms with Crippen molar-refractivity contribution < 1.29 is 14.7 Å². The molecule has 2 rings (SSSR count). The summed E-state index contributed by atoms with van der Waals surface area (Å²) in [4.78, 5) is 25.6. The minimum atomic E-state index is -1.12. The van der Waals surface area contributed by atoms with Crippen molar-refractivity contribution >= 4 is 23.2 Å². The summed E-state index contributed by atoms with van der Waals surface area (Å²) in [6.45, 7) is 5.60. The van der Waals surface area contributed by atoms with Crippen molar-refractivity contribution in [3.8, 4) is 0 Å². The highest BCUT2D eigenvalue weighted by Gasteiger charge is 2.40. The van der Waals surface area contributed by atoms with Gasteiger partial charge in [0.25, 0.3) is 0 Å². The van der Waals surface area contributed by atoms with Gasteiger partial charge in [-0.1, -0.05) is 43.3 Å². The van der Waals surface area contributed by atoms with Crippen molar-refractivity contribution in [3.63, 3.8) is 0 Å². The van der Waals surface area contributed by atoms with Gasteiger partial charge in [0.1, 0.15) is 5.41 Å². The molecule has 0 aliphatic rings. The average Bonchev–Trinajstić information content (AvgIpc) is 3.11. The fourth-order valence-electron chi connectivity index (χ4n) is 2.74. The van der Waals surface area contributed by atoms with E-state index in [0.717, 1.165) is 4.88 Å². The number of carboxylic acid groups (broad SMARTS) is 1. The second-order valence-electron chi connectivity index (χ2n) is 6.39. The Bertz CT molecular complexity index is 695. The molecular formula is C19H23NO3S. The Kier molecular flexibility index (Phi) is 5.44. The van der Waals surface area contributed by atoms with Crippen molar-refractivity contribution in [3.05, 3.63) is 58.3 Å². The largest absolute Gasteiger partial charge is 0.481 e. The summed E-state index contributed by atoms with van der Waals surface area (Å²) in [6.07, 6.45) is 0.395. The van der Waals surface area contributed by atoms with E-state index in [-0.39, 0.29) is 12.5 Å². The van der Waals surface area contributed by atoms with Crippen LogP contribution in [0.4, 0.5) is 0 Å². The normalized spacial score (nSPS) is 14.0. The summed E-state index contributed by atoms with van der Waals surface area (Å²) in [6, 6.07) is 12.9.